The van der Waals surface area contributed by atoms with Crippen LogP contribution in [0.1, 0.15) is 111 Å². The first-order chi connectivity index (χ1) is 19.8. The molecule has 3 fully saturated rings. The van der Waals surface area contributed by atoms with Crippen LogP contribution < -0.4 is 0 Å². The molecule has 3 aromatic carbocycles. The molecule has 0 amide bonds. The van der Waals surface area contributed by atoms with Gasteiger partial charge in [-0.25, -0.2) is 0 Å². The summed E-state index contributed by atoms with van der Waals surface area (Å²) in [7, 11) is -0.641. The van der Waals surface area contributed by atoms with Gasteiger partial charge < -0.3 is 14.0 Å². The number of hydrogen-bond donors (Lipinski definition) is 0. The summed E-state index contributed by atoms with van der Waals surface area (Å²) in [6, 6.07) is 32.9. The maximum absolute atomic E-state index is 6.99. The SMILES string of the molecule is c1ccc([C@H]2CCCC[C@H]2OB(O[C@H]2CCCC[C@H]2c2ccccc2)O[C@@H]2CCCC[C@@H]2c2ccccc2)cc1. The average molecular weight is 537 g/mol. The van der Waals surface area contributed by atoms with Gasteiger partial charge in [0.25, 0.3) is 0 Å². The highest BCUT2D eigenvalue weighted by Gasteiger charge is 2.41. The lowest BCUT2D eigenvalue weighted by Crippen LogP contribution is -2.44. The Morgan fingerprint density at radius 2 is 0.650 bits per heavy atom. The molecule has 3 aliphatic carbocycles. The van der Waals surface area contributed by atoms with E-state index >= 15 is 0 Å². The van der Waals surface area contributed by atoms with Crippen molar-refractivity contribution in [2.24, 2.45) is 0 Å². The first-order valence-electron chi connectivity index (χ1n) is 16.0. The highest BCUT2D eigenvalue weighted by Crippen LogP contribution is 2.40. The summed E-state index contributed by atoms with van der Waals surface area (Å²) in [6.45, 7) is 0. The minimum Gasteiger partial charge on any atom is -0.382 e. The Labute approximate surface area is 241 Å². The fourth-order valence-electron chi connectivity index (χ4n) is 7.55. The van der Waals surface area contributed by atoms with E-state index in [-0.39, 0.29) is 18.3 Å². The topological polar surface area (TPSA) is 27.7 Å². The van der Waals surface area contributed by atoms with E-state index in [1.807, 2.05) is 0 Å². The smallest absolute Gasteiger partial charge is 0.382 e. The first kappa shape index (κ1) is 27.8. The van der Waals surface area contributed by atoms with E-state index in [1.54, 1.807) is 0 Å². The molecule has 0 aliphatic heterocycles. The van der Waals surface area contributed by atoms with Gasteiger partial charge in [0.15, 0.2) is 0 Å². The maximum Gasteiger partial charge on any atom is 0.640 e. The molecular weight excluding hydrogens is 491 g/mol. The van der Waals surface area contributed by atoms with E-state index in [0.29, 0.717) is 17.8 Å². The van der Waals surface area contributed by atoms with Gasteiger partial charge in [-0.3, -0.25) is 0 Å². The van der Waals surface area contributed by atoms with Crippen molar-refractivity contribution in [1.29, 1.82) is 0 Å². The molecule has 6 atom stereocenters. The van der Waals surface area contributed by atoms with Crippen molar-refractivity contribution in [2.45, 2.75) is 113 Å². The zero-order valence-corrected chi connectivity index (χ0v) is 23.9. The van der Waals surface area contributed by atoms with Crippen LogP contribution in [0.2, 0.25) is 0 Å². The van der Waals surface area contributed by atoms with Crippen LogP contribution in [0.25, 0.3) is 0 Å². The van der Waals surface area contributed by atoms with Crippen molar-refractivity contribution < 1.29 is 14.0 Å². The third kappa shape index (κ3) is 6.90. The third-order valence-electron chi connectivity index (χ3n) is 9.65. The van der Waals surface area contributed by atoms with Crippen LogP contribution in [0.5, 0.6) is 0 Å². The summed E-state index contributed by atoms with van der Waals surface area (Å²) in [4.78, 5) is 0. The van der Waals surface area contributed by atoms with Crippen molar-refractivity contribution in [2.75, 3.05) is 0 Å². The van der Waals surface area contributed by atoms with Crippen LogP contribution in [0.4, 0.5) is 0 Å². The number of benzene rings is 3. The van der Waals surface area contributed by atoms with Gasteiger partial charge in [0.1, 0.15) is 0 Å². The van der Waals surface area contributed by atoms with Crippen LogP contribution in [0.15, 0.2) is 91.0 Å². The van der Waals surface area contributed by atoms with Crippen LogP contribution in [-0.2, 0) is 14.0 Å². The summed E-state index contributed by atoms with van der Waals surface area (Å²) >= 11 is 0. The van der Waals surface area contributed by atoms with E-state index in [0.717, 1.165) is 38.5 Å². The zero-order valence-electron chi connectivity index (χ0n) is 23.9. The number of hydrogen-bond acceptors (Lipinski definition) is 3. The molecule has 4 heteroatoms. The molecule has 0 N–H and O–H groups in total. The van der Waals surface area contributed by atoms with Crippen LogP contribution >= 0.6 is 0 Å². The molecule has 0 bridgehead atoms. The summed E-state index contributed by atoms with van der Waals surface area (Å²) in [5, 5.41) is 0. The van der Waals surface area contributed by atoms with E-state index < -0.39 is 7.32 Å². The van der Waals surface area contributed by atoms with E-state index in [9.17, 15) is 0 Å². The molecule has 6 rings (SSSR count). The van der Waals surface area contributed by atoms with Gasteiger partial charge in [-0.15, -0.1) is 0 Å². The Balaban J connectivity index is 1.25. The standard InChI is InChI=1S/C36H45BO3/c1-4-16-28(17-5-1)31-22-10-13-25-34(31)38-37(39-35-26-14-11-23-32(35)29-18-6-2-7-19-29)40-36-27-15-12-24-33(36)30-20-8-3-9-21-30/h1-9,16-21,31-36H,10-15,22-27H2/t31-,32-,33+,34-,35-,36+/m1/s1. The molecule has 0 radical (unpaired) electrons. The third-order valence-corrected chi connectivity index (χ3v) is 9.65. The van der Waals surface area contributed by atoms with Crippen molar-refractivity contribution >= 4 is 7.32 Å². The minimum atomic E-state index is -0.641. The van der Waals surface area contributed by atoms with Crippen molar-refractivity contribution in [3.8, 4) is 0 Å². The van der Waals surface area contributed by atoms with Crippen LogP contribution in [0, 0.1) is 0 Å². The second kappa shape index (κ2) is 14.0. The second-order valence-electron chi connectivity index (χ2n) is 12.2. The molecular formula is C36H45BO3. The molecule has 0 spiro atoms. The molecule has 3 aromatic rings. The van der Waals surface area contributed by atoms with Crippen molar-refractivity contribution in [3.05, 3.63) is 108 Å². The first-order valence-corrected chi connectivity index (χ1v) is 16.0. The summed E-state index contributed by atoms with van der Waals surface area (Å²) in [6.07, 6.45) is 14.3. The molecule has 0 unspecified atom stereocenters. The second-order valence-corrected chi connectivity index (χ2v) is 12.2. The Kier molecular flexibility index (Phi) is 9.70. The molecule has 3 nitrogen and oxygen atoms in total. The highest BCUT2D eigenvalue weighted by molar-refractivity contribution is 6.36. The summed E-state index contributed by atoms with van der Waals surface area (Å²) < 4.78 is 21.0. The van der Waals surface area contributed by atoms with Crippen molar-refractivity contribution in [3.63, 3.8) is 0 Å². The molecule has 3 saturated carbocycles. The summed E-state index contributed by atoms with van der Waals surface area (Å²) in [5.41, 5.74) is 4.14. The van der Waals surface area contributed by atoms with E-state index in [2.05, 4.69) is 91.0 Å². The largest absolute Gasteiger partial charge is 0.640 e. The van der Waals surface area contributed by atoms with Gasteiger partial charge in [-0.05, 0) is 55.2 Å². The Hall–Kier alpha value is -2.40. The maximum atomic E-state index is 6.99. The van der Waals surface area contributed by atoms with Crippen LogP contribution in [0.3, 0.4) is 0 Å². The monoisotopic (exact) mass is 536 g/mol. The fraction of sp³-hybridized carbons (Fsp3) is 0.500. The average Bonchev–Trinajstić information content (AvgIpc) is 3.03. The predicted octanol–water partition coefficient (Wildman–Crippen LogP) is 9.20. The van der Waals surface area contributed by atoms with Gasteiger partial charge in [0, 0.05) is 17.8 Å². The van der Waals surface area contributed by atoms with Gasteiger partial charge in [-0.2, -0.15) is 0 Å². The minimum absolute atomic E-state index is 0.110. The molecule has 0 saturated heterocycles. The molecule has 0 heterocycles. The molecule has 3 aliphatic rings. The molecule has 40 heavy (non-hydrogen) atoms. The predicted molar refractivity (Wildman–Crippen MR) is 163 cm³/mol. The zero-order chi connectivity index (χ0) is 27.0. The lowest BCUT2D eigenvalue weighted by Gasteiger charge is -2.39. The lowest BCUT2D eigenvalue weighted by atomic mass is 9.79. The van der Waals surface area contributed by atoms with Crippen LogP contribution in [-0.4, -0.2) is 25.6 Å². The van der Waals surface area contributed by atoms with Gasteiger partial charge in [-0.1, -0.05) is 130 Å². The van der Waals surface area contributed by atoms with E-state index in [4.69, 9.17) is 14.0 Å². The fourth-order valence-corrected chi connectivity index (χ4v) is 7.55. The van der Waals surface area contributed by atoms with Crippen molar-refractivity contribution in [1.82, 2.24) is 0 Å². The summed E-state index contributed by atoms with van der Waals surface area (Å²) in [5.74, 6) is 1.16. The Morgan fingerprint density at radius 1 is 0.375 bits per heavy atom. The molecule has 210 valence electrons. The Bertz CT molecular complexity index is 994. The number of rotatable bonds is 9. The highest BCUT2D eigenvalue weighted by atomic mass is 16.7. The van der Waals surface area contributed by atoms with Gasteiger partial charge >= 0.3 is 7.32 Å². The molecule has 0 aromatic heterocycles. The normalized spacial score (nSPS) is 29.1. The Morgan fingerprint density at radius 3 is 0.950 bits per heavy atom. The van der Waals surface area contributed by atoms with Gasteiger partial charge in [0.05, 0.1) is 18.3 Å². The van der Waals surface area contributed by atoms with Gasteiger partial charge in [0.2, 0.25) is 0 Å². The lowest BCUT2D eigenvalue weighted by molar-refractivity contribution is -0.0301. The van der Waals surface area contributed by atoms with E-state index in [1.165, 1.54) is 55.2 Å². The quantitative estimate of drug-likeness (QED) is 0.255.